The zero-order valence-electron chi connectivity index (χ0n) is 15.9. The predicted octanol–water partition coefficient (Wildman–Crippen LogP) is 4.29. The third-order valence-corrected chi connectivity index (χ3v) is 5.08. The Bertz CT molecular complexity index is 1060. The lowest BCUT2D eigenvalue weighted by atomic mass is 10.1. The van der Waals surface area contributed by atoms with Crippen LogP contribution in [0.2, 0.25) is 5.02 Å². The number of benzene rings is 1. The average molecular weight is 442 g/mol. The first kappa shape index (κ1) is 21.3. The van der Waals surface area contributed by atoms with Gasteiger partial charge in [-0.2, -0.15) is 13.8 Å². The van der Waals surface area contributed by atoms with E-state index >= 15 is 0 Å². The number of aromatic nitrogens is 4. The number of hydrogen-bond donors (Lipinski definition) is 1. The van der Waals surface area contributed by atoms with Crippen molar-refractivity contribution in [2.75, 3.05) is 11.6 Å². The molecule has 29 heavy (non-hydrogen) atoms. The highest BCUT2D eigenvalue weighted by Crippen LogP contribution is 2.29. The molecule has 2 aromatic heterocycles. The summed E-state index contributed by atoms with van der Waals surface area (Å²) in [5.74, 6) is 0.131. The van der Waals surface area contributed by atoms with Crippen molar-refractivity contribution in [3.63, 3.8) is 0 Å². The number of halogens is 3. The summed E-state index contributed by atoms with van der Waals surface area (Å²) in [6.45, 7) is 0.812. The summed E-state index contributed by atoms with van der Waals surface area (Å²) in [6, 6.07) is 4.09. The Morgan fingerprint density at radius 3 is 2.76 bits per heavy atom. The van der Waals surface area contributed by atoms with E-state index in [1.165, 1.54) is 30.0 Å². The van der Waals surface area contributed by atoms with Crippen molar-refractivity contribution in [3.05, 3.63) is 40.2 Å². The van der Waals surface area contributed by atoms with Gasteiger partial charge >= 0.3 is 6.61 Å². The highest BCUT2D eigenvalue weighted by Gasteiger charge is 2.15. The SMILES string of the molecule is CSc1nc2nc(C)c(CCC(=O)Nc3ccc(OC(F)F)c(Cl)c3)c(C)n2n1. The summed E-state index contributed by atoms with van der Waals surface area (Å²) in [5, 5.41) is 7.71. The number of nitrogens with zero attached hydrogens (tertiary/aromatic N) is 4. The van der Waals surface area contributed by atoms with Crippen molar-refractivity contribution in [2.45, 2.75) is 38.5 Å². The Hall–Kier alpha value is -2.46. The highest BCUT2D eigenvalue weighted by atomic mass is 35.5. The number of anilines is 1. The number of rotatable bonds is 7. The molecule has 0 unspecified atom stereocenters. The molecule has 1 amide bonds. The monoisotopic (exact) mass is 441 g/mol. The highest BCUT2D eigenvalue weighted by molar-refractivity contribution is 7.98. The zero-order valence-corrected chi connectivity index (χ0v) is 17.4. The molecule has 0 bridgehead atoms. The summed E-state index contributed by atoms with van der Waals surface area (Å²) in [5.41, 5.74) is 2.98. The Morgan fingerprint density at radius 2 is 2.10 bits per heavy atom. The molecule has 7 nitrogen and oxygen atoms in total. The van der Waals surface area contributed by atoms with Gasteiger partial charge in [-0.3, -0.25) is 4.79 Å². The van der Waals surface area contributed by atoms with Crippen LogP contribution in [-0.2, 0) is 11.2 Å². The van der Waals surface area contributed by atoms with Gasteiger partial charge in [0.05, 0.1) is 5.02 Å². The minimum atomic E-state index is -2.97. The number of ether oxygens (including phenoxy) is 1. The van der Waals surface area contributed by atoms with Crippen molar-refractivity contribution < 1.29 is 18.3 Å². The Labute approximate surface area is 174 Å². The van der Waals surface area contributed by atoms with E-state index in [2.05, 4.69) is 25.1 Å². The van der Waals surface area contributed by atoms with Crippen molar-refractivity contribution in [1.82, 2.24) is 19.6 Å². The third kappa shape index (κ3) is 4.94. The lowest BCUT2D eigenvalue weighted by Gasteiger charge is -2.11. The first-order valence-corrected chi connectivity index (χ1v) is 10.2. The molecule has 0 radical (unpaired) electrons. The molecule has 0 saturated heterocycles. The summed E-state index contributed by atoms with van der Waals surface area (Å²) in [4.78, 5) is 21.1. The van der Waals surface area contributed by atoms with Crippen LogP contribution >= 0.6 is 23.4 Å². The van der Waals surface area contributed by atoms with Gasteiger partial charge in [0.2, 0.25) is 11.1 Å². The van der Waals surface area contributed by atoms with Gasteiger partial charge in [0, 0.05) is 23.5 Å². The van der Waals surface area contributed by atoms with E-state index in [4.69, 9.17) is 11.6 Å². The van der Waals surface area contributed by atoms with E-state index in [0.29, 0.717) is 23.0 Å². The van der Waals surface area contributed by atoms with Crippen molar-refractivity contribution in [3.8, 4) is 5.75 Å². The number of carbonyl (C=O) groups is 1. The van der Waals surface area contributed by atoms with Crippen LogP contribution in [0.1, 0.15) is 23.4 Å². The van der Waals surface area contributed by atoms with Crippen LogP contribution < -0.4 is 10.1 Å². The maximum absolute atomic E-state index is 12.3. The number of carbonyl (C=O) groups excluding carboxylic acids is 1. The number of nitrogens with one attached hydrogen (secondary N) is 1. The quantitative estimate of drug-likeness (QED) is 0.551. The molecule has 11 heteroatoms. The molecular formula is C18H18ClF2N5O2S. The van der Waals surface area contributed by atoms with Crippen LogP contribution in [0, 0.1) is 13.8 Å². The lowest BCUT2D eigenvalue weighted by molar-refractivity contribution is -0.116. The molecule has 1 N–H and O–H groups in total. The second kappa shape index (κ2) is 8.91. The average Bonchev–Trinajstić information content (AvgIpc) is 3.07. The molecular weight excluding hydrogens is 424 g/mol. The molecule has 1 aromatic carbocycles. The maximum Gasteiger partial charge on any atom is 0.387 e. The number of aryl methyl sites for hydroxylation is 2. The van der Waals surface area contributed by atoms with Crippen LogP contribution in [0.4, 0.5) is 14.5 Å². The molecule has 0 saturated carbocycles. The summed E-state index contributed by atoms with van der Waals surface area (Å²) in [6.07, 6.45) is 2.55. The van der Waals surface area contributed by atoms with Gasteiger partial charge in [-0.15, -0.1) is 5.10 Å². The van der Waals surface area contributed by atoms with Gasteiger partial charge in [0.1, 0.15) is 5.75 Å². The van der Waals surface area contributed by atoms with E-state index in [-0.39, 0.29) is 23.1 Å². The molecule has 3 aromatic rings. The normalized spacial score (nSPS) is 11.3. The summed E-state index contributed by atoms with van der Waals surface area (Å²) >= 11 is 7.34. The molecule has 3 rings (SSSR count). The van der Waals surface area contributed by atoms with E-state index in [9.17, 15) is 13.6 Å². The summed E-state index contributed by atoms with van der Waals surface area (Å²) in [7, 11) is 0. The Morgan fingerprint density at radius 1 is 1.34 bits per heavy atom. The van der Waals surface area contributed by atoms with E-state index in [1.807, 2.05) is 20.1 Å². The topological polar surface area (TPSA) is 81.4 Å². The van der Waals surface area contributed by atoms with Crippen LogP contribution in [0.5, 0.6) is 5.75 Å². The second-order valence-corrected chi connectivity index (χ2v) is 7.32. The lowest BCUT2D eigenvalue weighted by Crippen LogP contribution is -2.14. The molecule has 0 spiro atoms. The maximum atomic E-state index is 12.3. The fourth-order valence-electron chi connectivity index (χ4n) is 2.87. The number of fused-ring (bicyclic) bond motifs is 1. The standard InChI is InChI=1S/C18H18ClF2N5O2S/c1-9-12(10(2)26-17(22-9)24-18(25-26)29-3)5-7-15(27)23-11-4-6-14(13(19)8-11)28-16(20)21/h4,6,8,16H,5,7H2,1-3H3,(H,23,27). The third-order valence-electron chi connectivity index (χ3n) is 4.25. The van der Waals surface area contributed by atoms with Crippen LogP contribution in [0.25, 0.3) is 5.78 Å². The molecule has 0 aliphatic carbocycles. The predicted molar refractivity (Wildman–Crippen MR) is 107 cm³/mol. The van der Waals surface area contributed by atoms with Gasteiger partial charge in [0.25, 0.3) is 5.78 Å². The fourth-order valence-corrected chi connectivity index (χ4v) is 3.43. The number of alkyl halides is 2. The number of amides is 1. The van der Waals surface area contributed by atoms with E-state index in [0.717, 1.165) is 17.0 Å². The molecule has 0 aliphatic rings. The van der Waals surface area contributed by atoms with Crippen LogP contribution in [0.15, 0.2) is 23.4 Å². The zero-order chi connectivity index (χ0) is 21.1. The number of hydrogen-bond acceptors (Lipinski definition) is 6. The van der Waals surface area contributed by atoms with E-state index < -0.39 is 6.61 Å². The smallest absolute Gasteiger partial charge is 0.387 e. The molecule has 0 aliphatic heterocycles. The molecule has 2 heterocycles. The molecule has 154 valence electrons. The minimum absolute atomic E-state index is 0.0137. The van der Waals surface area contributed by atoms with Crippen molar-refractivity contribution in [2.24, 2.45) is 0 Å². The second-order valence-electron chi connectivity index (χ2n) is 6.14. The fraction of sp³-hybridized carbons (Fsp3) is 0.333. The number of thioether (sulfide) groups is 1. The first-order chi connectivity index (χ1) is 13.8. The van der Waals surface area contributed by atoms with Gasteiger partial charge in [-0.1, -0.05) is 23.4 Å². The Balaban J connectivity index is 1.68. The Kier molecular flexibility index (Phi) is 6.53. The van der Waals surface area contributed by atoms with Crippen LogP contribution in [-0.4, -0.2) is 38.4 Å². The van der Waals surface area contributed by atoms with Crippen LogP contribution in [0.3, 0.4) is 0 Å². The van der Waals surface area contributed by atoms with Gasteiger partial charge in [-0.25, -0.2) is 9.50 Å². The summed E-state index contributed by atoms with van der Waals surface area (Å²) < 4.78 is 30.5. The molecule has 0 fully saturated rings. The van der Waals surface area contributed by atoms with Crippen molar-refractivity contribution >= 4 is 40.7 Å². The van der Waals surface area contributed by atoms with Gasteiger partial charge in [-0.05, 0) is 50.3 Å². The van der Waals surface area contributed by atoms with Crippen molar-refractivity contribution in [1.29, 1.82) is 0 Å². The van der Waals surface area contributed by atoms with Gasteiger partial charge in [0.15, 0.2) is 0 Å². The first-order valence-electron chi connectivity index (χ1n) is 8.59. The van der Waals surface area contributed by atoms with Gasteiger partial charge < -0.3 is 10.1 Å². The molecule has 0 atom stereocenters. The minimum Gasteiger partial charge on any atom is -0.433 e. The van der Waals surface area contributed by atoms with E-state index in [1.54, 1.807) is 4.52 Å². The largest absolute Gasteiger partial charge is 0.433 e.